The predicted octanol–water partition coefficient (Wildman–Crippen LogP) is 8.45. The Balaban J connectivity index is 0.00000353. The number of hydrogen-bond donors (Lipinski definition) is 0. The Hall–Kier alpha value is -3.77. The monoisotopic (exact) mass is 658 g/mol. The maximum Gasteiger partial charge on any atom is 0.416 e. The smallest absolute Gasteiger partial charge is 0.416 e. The van der Waals surface area contributed by atoms with Crippen LogP contribution in [0.1, 0.15) is 25.0 Å². The molecular weight excluding hydrogens is 632 g/mol. The molecule has 0 fully saturated rings. The zero-order valence-electron chi connectivity index (χ0n) is 23.0. The van der Waals surface area contributed by atoms with E-state index in [2.05, 4.69) is 67.7 Å². The van der Waals surface area contributed by atoms with E-state index in [-0.39, 0.29) is 26.0 Å². The van der Waals surface area contributed by atoms with Gasteiger partial charge in [-0.05, 0) is 69.2 Å². The molecule has 0 atom stereocenters. The Bertz CT molecular complexity index is 1590. The number of anilines is 4. The quantitative estimate of drug-likeness (QED) is 0.158. The molecule has 0 radical (unpaired) electrons. The average molecular weight is 659 g/mol. The van der Waals surface area contributed by atoms with Crippen LogP contribution in [-0.2, 0) is 32.1 Å². The number of halogens is 3. The van der Waals surface area contributed by atoms with Crippen molar-refractivity contribution in [3.63, 3.8) is 0 Å². The minimum absolute atomic E-state index is 0. The first-order valence-electron chi connectivity index (χ1n) is 13.1. The third-order valence-corrected chi connectivity index (χ3v) is 7.39. The van der Waals surface area contributed by atoms with Gasteiger partial charge in [-0.1, -0.05) is 18.2 Å². The molecule has 0 saturated carbocycles. The van der Waals surface area contributed by atoms with E-state index in [1.54, 1.807) is 17.8 Å². The van der Waals surface area contributed by atoms with Crippen molar-refractivity contribution in [1.29, 1.82) is 0 Å². The van der Waals surface area contributed by atoms with Gasteiger partial charge >= 0.3 is 6.18 Å². The molecule has 0 unspecified atom stereocenters. The summed E-state index contributed by atoms with van der Waals surface area (Å²) in [6.45, 7) is 8.23. The molecule has 0 N–H and O–H groups in total. The second-order valence-electron chi connectivity index (χ2n) is 10.3. The van der Waals surface area contributed by atoms with E-state index in [9.17, 15) is 13.2 Å². The molecule has 4 aromatic carbocycles. The van der Waals surface area contributed by atoms with E-state index in [4.69, 9.17) is 4.74 Å². The van der Waals surface area contributed by atoms with Crippen LogP contribution in [0.3, 0.4) is 0 Å². The topological polar surface area (TPSA) is 22.2 Å². The minimum Gasteiger partial charge on any atom is -0.509 e. The first kappa shape index (κ1) is 29.7. The van der Waals surface area contributed by atoms with Crippen molar-refractivity contribution in [3.8, 4) is 11.5 Å². The molecule has 2 aliphatic heterocycles. The molecule has 9 heteroatoms. The number of fused-ring (bicyclic) bond motifs is 1. The van der Waals surface area contributed by atoms with E-state index in [1.165, 1.54) is 17.7 Å². The fraction of sp³-hybridized carbons (Fsp3) is 0.152. The van der Waals surface area contributed by atoms with Gasteiger partial charge < -0.3 is 24.3 Å². The van der Waals surface area contributed by atoms with Gasteiger partial charge in [-0.2, -0.15) is 32.0 Å². The summed E-state index contributed by atoms with van der Waals surface area (Å²) in [5.41, 5.74) is 3.64. The Morgan fingerprint density at radius 3 is 2.05 bits per heavy atom. The van der Waals surface area contributed by atoms with Crippen LogP contribution in [-0.4, -0.2) is 11.9 Å². The third-order valence-electron chi connectivity index (χ3n) is 7.39. The summed E-state index contributed by atoms with van der Waals surface area (Å²) in [5, 5.41) is 0. The first-order valence-corrected chi connectivity index (χ1v) is 13.1. The van der Waals surface area contributed by atoms with Crippen LogP contribution in [0.15, 0.2) is 97.3 Å². The molecule has 5 nitrogen and oxygen atoms in total. The van der Waals surface area contributed by atoms with E-state index in [1.807, 2.05) is 53.6 Å². The van der Waals surface area contributed by atoms with Crippen molar-refractivity contribution in [1.82, 2.24) is 4.90 Å². The van der Waals surface area contributed by atoms with Crippen molar-refractivity contribution in [3.05, 3.63) is 134 Å². The van der Waals surface area contributed by atoms with Crippen molar-refractivity contribution in [2.24, 2.45) is 0 Å². The van der Waals surface area contributed by atoms with Crippen LogP contribution in [0.25, 0.3) is 0 Å². The van der Waals surface area contributed by atoms with Crippen molar-refractivity contribution < 1.29 is 38.3 Å². The van der Waals surface area contributed by atoms with Crippen LogP contribution in [0.4, 0.5) is 35.9 Å². The SMILES string of the molecule is CN1[CH-]N(c2[c-]c(Oc3[c-]c(N4C=CN(c5ccc(C(F)(F)F)cc5)[CH-]4)ccc3)ccc2)c2ccccc2C1(C)C.[Pd]. The molecule has 6 rings (SSSR count). The largest absolute Gasteiger partial charge is 0.509 e. The molecule has 2 aliphatic rings. The zero-order valence-corrected chi connectivity index (χ0v) is 24.6. The molecular formula is C33H27F3N4OPd-4. The molecule has 0 aliphatic carbocycles. The van der Waals surface area contributed by atoms with Crippen LogP contribution in [0.5, 0.6) is 11.5 Å². The molecule has 2 heterocycles. The second-order valence-corrected chi connectivity index (χ2v) is 10.3. The number of para-hydroxylation sites is 1. The van der Waals surface area contributed by atoms with Crippen LogP contribution < -0.4 is 19.4 Å². The number of hydrogen-bond acceptors (Lipinski definition) is 5. The van der Waals surface area contributed by atoms with Gasteiger partial charge in [0.15, 0.2) is 0 Å². The maximum atomic E-state index is 12.9. The maximum absolute atomic E-state index is 12.9. The molecule has 220 valence electrons. The number of alkyl halides is 3. The van der Waals surface area contributed by atoms with E-state index in [0.29, 0.717) is 22.9 Å². The van der Waals surface area contributed by atoms with Gasteiger partial charge in [0.2, 0.25) is 0 Å². The molecule has 0 saturated heterocycles. The van der Waals surface area contributed by atoms with Crippen LogP contribution >= 0.6 is 0 Å². The van der Waals surface area contributed by atoms with Gasteiger partial charge in [-0.25, -0.2) is 0 Å². The normalized spacial score (nSPS) is 16.3. The second kappa shape index (κ2) is 11.5. The Morgan fingerprint density at radius 1 is 0.738 bits per heavy atom. The summed E-state index contributed by atoms with van der Waals surface area (Å²) in [4.78, 5) is 7.85. The third kappa shape index (κ3) is 5.78. The summed E-state index contributed by atoms with van der Waals surface area (Å²) in [7, 11) is 2.06. The van der Waals surface area contributed by atoms with Crippen LogP contribution in [0.2, 0.25) is 0 Å². The molecule has 0 bridgehead atoms. The van der Waals surface area contributed by atoms with E-state index in [0.717, 1.165) is 23.5 Å². The number of benzene rings is 4. The summed E-state index contributed by atoms with van der Waals surface area (Å²) in [6, 6.07) is 31.3. The first-order chi connectivity index (χ1) is 19.6. The molecule has 4 aromatic rings. The summed E-state index contributed by atoms with van der Waals surface area (Å²) in [5.74, 6) is 1.05. The van der Waals surface area contributed by atoms with Crippen molar-refractivity contribution in [2.75, 3.05) is 21.7 Å². The van der Waals surface area contributed by atoms with E-state index >= 15 is 0 Å². The molecule has 42 heavy (non-hydrogen) atoms. The van der Waals surface area contributed by atoms with Crippen LogP contribution in [0, 0.1) is 25.5 Å². The van der Waals surface area contributed by atoms with Crippen molar-refractivity contribution >= 4 is 22.7 Å². The average Bonchev–Trinajstić information content (AvgIpc) is 3.46. The number of rotatable bonds is 5. The molecule has 0 aromatic heterocycles. The Morgan fingerprint density at radius 2 is 1.36 bits per heavy atom. The van der Waals surface area contributed by atoms with Gasteiger partial charge in [0.25, 0.3) is 0 Å². The predicted molar refractivity (Wildman–Crippen MR) is 154 cm³/mol. The fourth-order valence-electron chi connectivity index (χ4n) is 4.84. The van der Waals surface area contributed by atoms with Crippen molar-refractivity contribution in [2.45, 2.75) is 25.6 Å². The number of ether oxygens (including phenoxy) is 1. The van der Waals surface area contributed by atoms with Gasteiger partial charge in [0, 0.05) is 48.8 Å². The van der Waals surface area contributed by atoms with E-state index < -0.39 is 11.7 Å². The number of nitrogens with zero attached hydrogens (tertiary/aromatic N) is 4. The fourth-order valence-corrected chi connectivity index (χ4v) is 4.84. The van der Waals surface area contributed by atoms with Gasteiger partial charge in [-0.15, -0.1) is 54.4 Å². The van der Waals surface area contributed by atoms with Gasteiger partial charge in [0.05, 0.1) is 5.56 Å². The standard InChI is InChI=1S/C33H27F3N4O.Pd/c1-32(2)30-12-4-5-13-31(30)40(22-37(32)3)27-9-7-11-29(21-27)41-28-10-6-8-26(20-28)39-19-18-38(23-39)25-16-14-24(15-17-25)33(34,35)36;/h4-19,22-23H,1-3H3;/q-4;. The Labute approximate surface area is 258 Å². The summed E-state index contributed by atoms with van der Waals surface area (Å²) >= 11 is 0. The molecule has 0 spiro atoms. The zero-order chi connectivity index (χ0) is 28.8. The van der Waals surface area contributed by atoms with Gasteiger partial charge in [-0.3, -0.25) is 0 Å². The Kier molecular flexibility index (Phi) is 8.13. The minimum atomic E-state index is -4.37. The summed E-state index contributed by atoms with van der Waals surface area (Å²) in [6.07, 6.45) is -0.792. The molecule has 0 amide bonds. The summed E-state index contributed by atoms with van der Waals surface area (Å²) < 4.78 is 45.0. The van der Waals surface area contributed by atoms with Gasteiger partial charge in [0.1, 0.15) is 0 Å².